The van der Waals surface area contributed by atoms with Crippen LogP contribution < -0.4 is 14.8 Å². The molecule has 2 heterocycles. The van der Waals surface area contributed by atoms with Gasteiger partial charge >= 0.3 is 6.03 Å². The molecule has 0 atom stereocenters. The van der Waals surface area contributed by atoms with Crippen LogP contribution in [0.4, 0.5) is 20.6 Å². The molecule has 246 valence electrons. The molecule has 4 aromatic rings. The van der Waals surface area contributed by atoms with E-state index in [1.165, 1.54) is 12.1 Å². The van der Waals surface area contributed by atoms with Crippen LogP contribution in [-0.4, -0.2) is 54.6 Å². The number of aromatic nitrogens is 1. The molecule has 3 aromatic carbocycles. The van der Waals surface area contributed by atoms with Gasteiger partial charge in [-0.15, -0.1) is 24.8 Å². The van der Waals surface area contributed by atoms with Gasteiger partial charge in [-0.05, 0) is 98.1 Å². The summed E-state index contributed by atoms with van der Waals surface area (Å²) in [7, 11) is -3.33. The van der Waals surface area contributed by atoms with Gasteiger partial charge in [0.1, 0.15) is 17.3 Å². The van der Waals surface area contributed by atoms with Crippen molar-refractivity contribution in [2.45, 2.75) is 38.9 Å². The Bertz CT molecular complexity index is 1670. The van der Waals surface area contributed by atoms with Crippen LogP contribution in [0.15, 0.2) is 91.0 Å². The normalized spacial score (nSPS) is 13.5. The van der Waals surface area contributed by atoms with Crippen LogP contribution >= 0.6 is 24.8 Å². The number of carbonyl (C=O) groups excluding carboxylic acids is 1. The Morgan fingerprint density at radius 3 is 2.09 bits per heavy atom. The average Bonchev–Trinajstić information content (AvgIpc) is 2.99. The van der Waals surface area contributed by atoms with E-state index in [2.05, 4.69) is 19.9 Å². The van der Waals surface area contributed by atoms with Gasteiger partial charge < -0.3 is 15.0 Å². The highest BCUT2D eigenvalue weighted by Crippen LogP contribution is 2.26. The molecule has 0 spiro atoms. The standard InChI is InChI=1S/C33H36FN5O4S.2ClH/c1-24-4-3-5-29(35-24)23-39(33(40)36-27-10-8-26(34)9-11-27)30-18-20-38(21-19-30)22-25-6-14-31(15-7-25)43-32-16-12-28(13-17-32)37-44(2,41)42;;/h3-17,30,37H,18-23H2,1-2H3,(H,36,40);2*1H. The molecule has 1 saturated heterocycles. The maximum atomic E-state index is 13.4. The lowest BCUT2D eigenvalue weighted by Crippen LogP contribution is -2.48. The number of pyridine rings is 1. The molecule has 2 N–H and O–H groups in total. The van der Waals surface area contributed by atoms with Gasteiger partial charge in [0.25, 0.3) is 0 Å². The number of halogens is 3. The molecule has 5 rings (SSSR count). The van der Waals surface area contributed by atoms with Crippen molar-refractivity contribution < 1.29 is 22.3 Å². The summed E-state index contributed by atoms with van der Waals surface area (Å²) in [6.07, 6.45) is 2.74. The summed E-state index contributed by atoms with van der Waals surface area (Å²) in [6.45, 7) is 4.76. The van der Waals surface area contributed by atoms with Crippen molar-refractivity contribution in [3.05, 3.63) is 114 Å². The molecule has 9 nitrogen and oxygen atoms in total. The highest BCUT2D eigenvalue weighted by atomic mass is 35.5. The summed E-state index contributed by atoms with van der Waals surface area (Å²) < 4.78 is 44.5. The summed E-state index contributed by atoms with van der Waals surface area (Å²) in [6, 6.07) is 26.0. The number of aryl methyl sites for hydroxylation is 1. The fourth-order valence-corrected chi connectivity index (χ4v) is 5.77. The van der Waals surface area contributed by atoms with E-state index < -0.39 is 10.0 Å². The monoisotopic (exact) mass is 689 g/mol. The number of carbonyl (C=O) groups is 1. The third-order valence-corrected chi connectivity index (χ3v) is 7.96. The number of benzene rings is 3. The molecule has 46 heavy (non-hydrogen) atoms. The van der Waals surface area contributed by atoms with E-state index in [0.717, 1.165) is 55.7 Å². The summed E-state index contributed by atoms with van der Waals surface area (Å²) in [5.74, 6) is 0.936. The number of rotatable bonds is 10. The maximum Gasteiger partial charge on any atom is 0.322 e. The number of nitrogens with zero attached hydrogens (tertiary/aromatic N) is 3. The van der Waals surface area contributed by atoms with Gasteiger partial charge in [0.2, 0.25) is 10.0 Å². The highest BCUT2D eigenvalue weighted by molar-refractivity contribution is 7.92. The minimum atomic E-state index is -3.33. The third-order valence-electron chi connectivity index (χ3n) is 7.36. The number of piperidine rings is 1. The molecule has 0 aliphatic carbocycles. The smallest absolute Gasteiger partial charge is 0.322 e. The fourth-order valence-electron chi connectivity index (χ4n) is 5.21. The van der Waals surface area contributed by atoms with E-state index in [1.807, 2.05) is 54.3 Å². The first-order chi connectivity index (χ1) is 21.1. The van der Waals surface area contributed by atoms with Gasteiger partial charge in [0.05, 0.1) is 18.5 Å². The summed E-state index contributed by atoms with van der Waals surface area (Å²) in [5.41, 5.74) is 3.89. The Kier molecular flexibility index (Phi) is 13.2. The van der Waals surface area contributed by atoms with Crippen LogP contribution in [-0.2, 0) is 23.1 Å². The third kappa shape index (κ3) is 10.9. The average molecular weight is 691 g/mol. The Labute approximate surface area is 282 Å². The van der Waals surface area contributed by atoms with E-state index in [-0.39, 0.29) is 42.7 Å². The molecular formula is C33H38Cl2FN5O4S. The van der Waals surface area contributed by atoms with Crippen LogP contribution in [0.25, 0.3) is 0 Å². The number of hydrogen-bond acceptors (Lipinski definition) is 6. The van der Waals surface area contributed by atoms with E-state index >= 15 is 0 Å². The molecule has 1 fully saturated rings. The predicted molar refractivity (Wildman–Crippen MR) is 184 cm³/mol. The van der Waals surface area contributed by atoms with E-state index in [0.29, 0.717) is 29.4 Å². The van der Waals surface area contributed by atoms with Gasteiger partial charge in [-0.25, -0.2) is 17.6 Å². The molecular weight excluding hydrogens is 652 g/mol. The second-order valence-corrected chi connectivity index (χ2v) is 12.7. The minimum Gasteiger partial charge on any atom is -0.457 e. The summed E-state index contributed by atoms with van der Waals surface area (Å²) in [5, 5.41) is 2.93. The largest absolute Gasteiger partial charge is 0.457 e. The fraction of sp³-hybridized carbons (Fsp3) is 0.273. The van der Waals surface area contributed by atoms with Crippen molar-refractivity contribution >= 4 is 52.2 Å². The zero-order valence-electron chi connectivity index (χ0n) is 25.6. The second kappa shape index (κ2) is 16.6. The number of sulfonamides is 1. The lowest BCUT2D eigenvalue weighted by atomic mass is 10.0. The Morgan fingerprint density at radius 1 is 0.913 bits per heavy atom. The quantitative estimate of drug-likeness (QED) is 0.182. The molecule has 1 aliphatic rings. The van der Waals surface area contributed by atoms with Crippen LogP contribution in [0.3, 0.4) is 0 Å². The lowest BCUT2D eigenvalue weighted by Gasteiger charge is -2.38. The molecule has 0 radical (unpaired) electrons. The van der Waals surface area contributed by atoms with Gasteiger partial charge in [-0.3, -0.25) is 14.6 Å². The van der Waals surface area contributed by atoms with Crippen molar-refractivity contribution in [1.82, 2.24) is 14.8 Å². The molecule has 0 bridgehead atoms. The van der Waals surface area contributed by atoms with Gasteiger partial charge in [-0.1, -0.05) is 18.2 Å². The zero-order chi connectivity index (χ0) is 31.1. The van der Waals surface area contributed by atoms with Crippen molar-refractivity contribution in [1.29, 1.82) is 0 Å². The Hall–Kier alpha value is -3.90. The number of hydrogen-bond donors (Lipinski definition) is 2. The number of anilines is 2. The summed E-state index contributed by atoms with van der Waals surface area (Å²) >= 11 is 0. The van der Waals surface area contributed by atoms with Crippen molar-refractivity contribution in [2.24, 2.45) is 0 Å². The Balaban J connectivity index is 0.00000288. The molecule has 1 aliphatic heterocycles. The molecule has 2 amide bonds. The van der Waals surface area contributed by atoms with Crippen LogP contribution in [0, 0.1) is 12.7 Å². The minimum absolute atomic E-state index is 0. The predicted octanol–water partition coefficient (Wildman–Crippen LogP) is 7.24. The first-order valence-corrected chi connectivity index (χ1v) is 16.3. The number of nitrogens with one attached hydrogen (secondary N) is 2. The Morgan fingerprint density at radius 2 is 1.50 bits per heavy atom. The van der Waals surface area contributed by atoms with Crippen LogP contribution in [0.2, 0.25) is 0 Å². The highest BCUT2D eigenvalue weighted by Gasteiger charge is 2.29. The van der Waals surface area contributed by atoms with E-state index in [9.17, 15) is 17.6 Å². The van der Waals surface area contributed by atoms with Gasteiger partial charge in [0, 0.05) is 42.7 Å². The molecule has 0 unspecified atom stereocenters. The number of ether oxygens (including phenoxy) is 1. The van der Waals surface area contributed by atoms with E-state index in [1.54, 1.807) is 36.4 Å². The lowest BCUT2D eigenvalue weighted by molar-refractivity contribution is 0.119. The molecule has 13 heteroatoms. The number of amides is 2. The van der Waals surface area contributed by atoms with Crippen molar-refractivity contribution in [3.8, 4) is 11.5 Å². The number of likely N-dealkylation sites (tertiary alicyclic amines) is 1. The van der Waals surface area contributed by atoms with Crippen LogP contribution in [0.1, 0.15) is 29.8 Å². The SMILES string of the molecule is Cc1cccc(CN(C(=O)Nc2ccc(F)cc2)C2CCN(Cc3ccc(Oc4ccc(NS(C)(=O)=O)cc4)cc3)CC2)n1.Cl.Cl. The topological polar surface area (TPSA) is 104 Å². The van der Waals surface area contributed by atoms with Gasteiger partial charge in [-0.2, -0.15) is 0 Å². The zero-order valence-corrected chi connectivity index (χ0v) is 28.0. The maximum absolute atomic E-state index is 13.4. The van der Waals surface area contributed by atoms with Gasteiger partial charge in [0.15, 0.2) is 0 Å². The molecule has 1 aromatic heterocycles. The van der Waals surface area contributed by atoms with E-state index in [4.69, 9.17) is 4.74 Å². The first kappa shape index (κ1) is 36.6. The summed E-state index contributed by atoms with van der Waals surface area (Å²) in [4.78, 5) is 22.3. The van der Waals surface area contributed by atoms with Crippen LogP contribution in [0.5, 0.6) is 11.5 Å². The first-order valence-electron chi connectivity index (χ1n) is 14.4. The molecule has 0 saturated carbocycles. The van der Waals surface area contributed by atoms with Crippen molar-refractivity contribution in [3.63, 3.8) is 0 Å². The second-order valence-electron chi connectivity index (χ2n) is 11.0. The van der Waals surface area contributed by atoms with Crippen molar-refractivity contribution in [2.75, 3.05) is 29.4 Å². The number of urea groups is 1.